The normalized spacial score (nSPS) is 16.4. The van der Waals surface area contributed by atoms with Gasteiger partial charge in [-0.1, -0.05) is 39.0 Å². The number of aromatic nitrogens is 4. The Labute approximate surface area is 232 Å². The molecule has 0 atom stereocenters. The molecule has 1 saturated heterocycles. The minimum Gasteiger partial charge on any atom is -0.478 e. The molecule has 2 aromatic rings. The molecule has 0 aromatic carbocycles. The minimum absolute atomic E-state index is 0.0358. The van der Waals surface area contributed by atoms with Crippen LogP contribution in [0.4, 0.5) is 5.82 Å². The third-order valence-electron chi connectivity index (χ3n) is 6.50. The number of hydrogen-bond acceptors (Lipinski definition) is 9. The lowest BCUT2D eigenvalue weighted by molar-refractivity contribution is -0.134. The van der Waals surface area contributed by atoms with Gasteiger partial charge in [0.25, 0.3) is 5.56 Å². The molecule has 4 rings (SSSR count). The van der Waals surface area contributed by atoms with Crippen LogP contribution in [0.25, 0.3) is 0 Å². The summed E-state index contributed by atoms with van der Waals surface area (Å²) in [5, 5.41) is 16.3. The first-order chi connectivity index (χ1) is 18.5. The average molecular weight is 559 g/mol. The molecular formula is C27H38N6O5S. The molecule has 2 aromatic heterocycles. The number of carbonyl (C=O) groups is 2. The fourth-order valence-electron chi connectivity index (χ4n) is 4.09. The van der Waals surface area contributed by atoms with E-state index in [1.54, 1.807) is 18.0 Å². The van der Waals surface area contributed by atoms with Crippen LogP contribution in [0.5, 0.6) is 0 Å². The van der Waals surface area contributed by atoms with Gasteiger partial charge in [0, 0.05) is 79.4 Å². The van der Waals surface area contributed by atoms with Gasteiger partial charge in [-0.05, 0) is 25.8 Å². The maximum atomic E-state index is 11.3. The zero-order chi connectivity index (χ0) is 28.4. The second-order valence-electron chi connectivity index (χ2n) is 10.6. The van der Waals surface area contributed by atoms with Crippen LogP contribution in [0, 0.1) is 0 Å². The van der Waals surface area contributed by atoms with Crippen LogP contribution in [0.3, 0.4) is 0 Å². The third-order valence-corrected chi connectivity index (χ3v) is 7.47. The molecule has 3 heterocycles. The number of rotatable bonds is 9. The van der Waals surface area contributed by atoms with E-state index in [1.165, 1.54) is 31.0 Å². The lowest BCUT2D eigenvalue weighted by Gasteiger charge is -2.36. The van der Waals surface area contributed by atoms with E-state index in [0.29, 0.717) is 23.2 Å². The highest BCUT2D eigenvalue weighted by molar-refractivity contribution is 7.99. The summed E-state index contributed by atoms with van der Waals surface area (Å²) in [5.41, 5.74) is 1.12. The Bertz CT molecular complexity index is 1180. The van der Waals surface area contributed by atoms with Crippen LogP contribution in [-0.4, -0.2) is 85.5 Å². The topological polar surface area (TPSA) is 153 Å². The molecule has 2 fully saturated rings. The number of aliphatic carboxylic acids is 2. The van der Waals surface area contributed by atoms with E-state index in [2.05, 4.69) is 46.6 Å². The standard InChI is InChI=1S/C23H34N6OS.C4H4O4/c1-23(2,3)21-25-18(17-6-4-7-17)16-19(26-21)29-13-11-28(12-14-29)10-5-15-31-22-24-9-8-20(30)27-22;5-3(6)1-2-4(7)8/h8-9,16-17H,4-7,10-15H2,1-3H3,(H,24,27,30);1-2H,(H,5,6)(H,7,8). The van der Waals surface area contributed by atoms with Crippen molar-refractivity contribution in [3.05, 3.63) is 52.4 Å². The molecule has 0 amide bonds. The Kier molecular flexibility index (Phi) is 11.0. The number of anilines is 1. The largest absolute Gasteiger partial charge is 0.478 e. The van der Waals surface area contributed by atoms with Crippen molar-refractivity contribution in [2.45, 2.75) is 62.9 Å². The lowest BCUT2D eigenvalue weighted by atomic mass is 9.82. The highest BCUT2D eigenvalue weighted by Crippen LogP contribution is 2.37. The predicted molar refractivity (Wildman–Crippen MR) is 151 cm³/mol. The van der Waals surface area contributed by atoms with Crippen LogP contribution in [-0.2, 0) is 15.0 Å². The van der Waals surface area contributed by atoms with Gasteiger partial charge in [0.1, 0.15) is 11.6 Å². The summed E-state index contributed by atoms with van der Waals surface area (Å²) in [6.07, 6.45) is 7.61. The number of hydrogen-bond donors (Lipinski definition) is 3. The van der Waals surface area contributed by atoms with Gasteiger partial charge in [-0.25, -0.2) is 24.5 Å². The quantitative estimate of drug-likeness (QED) is 0.180. The maximum Gasteiger partial charge on any atom is 0.328 e. The minimum atomic E-state index is -1.26. The summed E-state index contributed by atoms with van der Waals surface area (Å²) in [6.45, 7) is 11.8. The van der Waals surface area contributed by atoms with E-state index in [1.807, 2.05) is 0 Å². The summed E-state index contributed by atoms with van der Waals surface area (Å²) < 4.78 is 0. The molecule has 1 aliphatic carbocycles. The zero-order valence-electron chi connectivity index (χ0n) is 22.8. The number of aromatic amines is 1. The summed E-state index contributed by atoms with van der Waals surface area (Å²) in [6, 6.07) is 3.69. The smallest absolute Gasteiger partial charge is 0.328 e. The highest BCUT2D eigenvalue weighted by atomic mass is 32.2. The molecule has 0 spiro atoms. The Morgan fingerprint density at radius 3 is 2.31 bits per heavy atom. The van der Waals surface area contributed by atoms with E-state index in [-0.39, 0.29) is 11.0 Å². The third kappa shape index (κ3) is 10.1. The van der Waals surface area contributed by atoms with Crippen LogP contribution in [0.2, 0.25) is 0 Å². The van der Waals surface area contributed by atoms with E-state index in [0.717, 1.165) is 56.5 Å². The van der Waals surface area contributed by atoms with Gasteiger partial charge >= 0.3 is 11.9 Å². The van der Waals surface area contributed by atoms with Gasteiger partial charge in [0.15, 0.2) is 5.16 Å². The lowest BCUT2D eigenvalue weighted by Crippen LogP contribution is -2.47. The van der Waals surface area contributed by atoms with Gasteiger partial charge < -0.3 is 20.1 Å². The van der Waals surface area contributed by atoms with Crippen molar-refractivity contribution >= 4 is 29.5 Å². The number of thioether (sulfide) groups is 1. The molecule has 11 nitrogen and oxygen atoms in total. The van der Waals surface area contributed by atoms with E-state index >= 15 is 0 Å². The van der Waals surface area contributed by atoms with Gasteiger partial charge in [0.2, 0.25) is 0 Å². The van der Waals surface area contributed by atoms with Crippen molar-refractivity contribution in [2.75, 3.05) is 43.4 Å². The molecular weight excluding hydrogens is 520 g/mol. The molecule has 0 unspecified atom stereocenters. The average Bonchev–Trinajstić information content (AvgIpc) is 2.84. The summed E-state index contributed by atoms with van der Waals surface area (Å²) >= 11 is 1.62. The fourth-order valence-corrected chi connectivity index (χ4v) is 4.86. The first kappa shape index (κ1) is 30.3. The van der Waals surface area contributed by atoms with Crippen molar-refractivity contribution in [1.82, 2.24) is 24.8 Å². The Hall–Kier alpha value is -3.25. The molecule has 3 N–H and O–H groups in total. The van der Waals surface area contributed by atoms with Crippen molar-refractivity contribution < 1.29 is 19.8 Å². The van der Waals surface area contributed by atoms with Gasteiger partial charge in [-0.3, -0.25) is 9.69 Å². The highest BCUT2D eigenvalue weighted by Gasteiger charge is 2.27. The first-order valence-electron chi connectivity index (χ1n) is 13.2. The molecule has 212 valence electrons. The Balaban J connectivity index is 0.000000459. The predicted octanol–water partition coefficient (Wildman–Crippen LogP) is 3.14. The number of carboxylic acid groups (broad SMARTS) is 2. The second-order valence-corrected chi connectivity index (χ2v) is 11.7. The zero-order valence-corrected chi connectivity index (χ0v) is 23.6. The summed E-state index contributed by atoms with van der Waals surface area (Å²) in [5.74, 6) is 1.14. The van der Waals surface area contributed by atoms with Gasteiger partial charge in [-0.2, -0.15) is 0 Å². The molecule has 1 aliphatic heterocycles. The van der Waals surface area contributed by atoms with Crippen LogP contribution >= 0.6 is 11.8 Å². The molecule has 2 aliphatic rings. The van der Waals surface area contributed by atoms with Crippen molar-refractivity contribution in [2.24, 2.45) is 0 Å². The maximum absolute atomic E-state index is 11.3. The molecule has 12 heteroatoms. The second kappa shape index (κ2) is 14.2. The van der Waals surface area contributed by atoms with E-state index < -0.39 is 11.9 Å². The fraction of sp³-hybridized carbons (Fsp3) is 0.556. The molecule has 1 saturated carbocycles. The van der Waals surface area contributed by atoms with E-state index in [9.17, 15) is 14.4 Å². The Morgan fingerprint density at radius 1 is 1.10 bits per heavy atom. The van der Waals surface area contributed by atoms with E-state index in [4.69, 9.17) is 20.2 Å². The SMILES string of the molecule is CC(C)(C)c1nc(C2CCC2)cc(N2CCN(CCCSc3nccc(=O)[nH]3)CC2)n1.O=C(O)C=CC(=O)O. The number of carboxylic acids is 2. The van der Waals surface area contributed by atoms with Crippen molar-refractivity contribution in [3.63, 3.8) is 0 Å². The van der Waals surface area contributed by atoms with Crippen LogP contribution < -0.4 is 10.5 Å². The first-order valence-corrected chi connectivity index (χ1v) is 14.2. The van der Waals surface area contributed by atoms with Crippen LogP contribution in [0.15, 0.2) is 40.4 Å². The summed E-state index contributed by atoms with van der Waals surface area (Å²) in [4.78, 5) is 52.3. The van der Waals surface area contributed by atoms with Crippen molar-refractivity contribution in [1.29, 1.82) is 0 Å². The Morgan fingerprint density at radius 2 is 1.77 bits per heavy atom. The molecule has 0 radical (unpaired) electrons. The number of H-pyrrole nitrogens is 1. The molecule has 39 heavy (non-hydrogen) atoms. The van der Waals surface area contributed by atoms with Crippen LogP contribution in [0.1, 0.15) is 63.9 Å². The van der Waals surface area contributed by atoms with Crippen molar-refractivity contribution in [3.8, 4) is 0 Å². The summed E-state index contributed by atoms with van der Waals surface area (Å²) in [7, 11) is 0. The van der Waals surface area contributed by atoms with Gasteiger partial charge in [0.05, 0.1) is 0 Å². The molecule has 0 bridgehead atoms. The number of nitrogens with one attached hydrogen (secondary N) is 1. The number of nitrogens with zero attached hydrogens (tertiary/aromatic N) is 5. The van der Waals surface area contributed by atoms with Gasteiger partial charge in [-0.15, -0.1) is 0 Å². The monoisotopic (exact) mass is 558 g/mol. The number of piperazine rings is 1.